The zero-order valence-electron chi connectivity index (χ0n) is 15.4. The quantitative estimate of drug-likeness (QED) is 0.655. The van der Waals surface area contributed by atoms with Crippen molar-refractivity contribution < 1.29 is 27.3 Å². The third kappa shape index (κ3) is 5.01. The van der Waals surface area contributed by atoms with E-state index in [9.17, 15) is 22.8 Å². The second-order valence-corrected chi connectivity index (χ2v) is 6.41. The fourth-order valence-electron chi connectivity index (χ4n) is 2.63. The number of nitrogens with zero attached hydrogens (tertiary/aromatic N) is 1. The molecule has 3 rings (SSSR count). The molecule has 0 unspecified atom stereocenters. The van der Waals surface area contributed by atoms with Crippen molar-refractivity contribution in [2.75, 3.05) is 10.6 Å². The smallest absolute Gasteiger partial charge is 0.351 e. The zero-order valence-corrected chi connectivity index (χ0v) is 15.4. The Kier molecular flexibility index (Phi) is 5.40. The molecule has 29 heavy (non-hydrogen) atoms. The molecule has 0 aliphatic carbocycles. The number of halogens is 3. The summed E-state index contributed by atoms with van der Waals surface area (Å²) in [7, 11) is 0. The Bertz CT molecular complexity index is 1070. The maximum absolute atomic E-state index is 12.8. The average Bonchev–Trinajstić information content (AvgIpc) is 3.07. The molecule has 150 valence electrons. The standard InChI is InChI=1S/C20H16F3N3O3/c1-11-6-13(9-16(7-11)25-19(28)17-8-12(2)26-29-17)18(27)24-15-5-3-4-14(10-15)20(21,22)23/h3-10H,1-2H3,(H,24,27)(H,25,28). The number of alkyl halides is 3. The first-order chi connectivity index (χ1) is 13.6. The summed E-state index contributed by atoms with van der Waals surface area (Å²) in [4.78, 5) is 24.7. The highest BCUT2D eigenvalue weighted by molar-refractivity contribution is 6.06. The second-order valence-electron chi connectivity index (χ2n) is 6.41. The summed E-state index contributed by atoms with van der Waals surface area (Å²) in [6.07, 6.45) is -4.51. The van der Waals surface area contributed by atoms with E-state index in [0.717, 1.165) is 12.1 Å². The van der Waals surface area contributed by atoms with Crippen LogP contribution in [0.4, 0.5) is 24.5 Å². The van der Waals surface area contributed by atoms with Gasteiger partial charge in [-0.3, -0.25) is 9.59 Å². The fraction of sp³-hybridized carbons (Fsp3) is 0.150. The van der Waals surface area contributed by atoms with Crippen molar-refractivity contribution in [2.45, 2.75) is 20.0 Å². The Balaban J connectivity index is 1.78. The van der Waals surface area contributed by atoms with E-state index in [2.05, 4.69) is 15.8 Å². The number of rotatable bonds is 4. The van der Waals surface area contributed by atoms with Gasteiger partial charge in [-0.15, -0.1) is 0 Å². The van der Waals surface area contributed by atoms with Crippen LogP contribution in [-0.4, -0.2) is 17.0 Å². The molecule has 0 aliphatic rings. The van der Waals surface area contributed by atoms with Crippen LogP contribution in [0.15, 0.2) is 53.1 Å². The van der Waals surface area contributed by atoms with E-state index < -0.39 is 23.6 Å². The third-order valence-corrected chi connectivity index (χ3v) is 3.90. The maximum Gasteiger partial charge on any atom is 0.416 e. The van der Waals surface area contributed by atoms with Crippen LogP contribution in [0, 0.1) is 13.8 Å². The number of amides is 2. The summed E-state index contributed by atoms with van der Waals surface area (Å²) in [5.74, 6) is -1.14. The largest absolute Gasteiger partial charge is 0.416 e. The van der Waals surface area contributed by atoms with Crippen LogP contribution in [0.3, 0.4) is 0 Å². The number of aryl methyl sites for hydroxylation is 2. The molecular weight excluding hydrogens is 387 g/mol. The lowest BCUT2D eigenvalue weighted by atomic mass is 10.1. The van der Waals surface area contributed by atoms with E-state index in [1.165, 1.54) is 24.3 Å². The SMILES string of the molecule is Cc1cc(NC(=O)c2cc(C)no2)cc(C(=O)Nc2cccc(C(F)(F)F)c2)c1. The van der Waals surface area contributed by atoms with Crippen LogP contribution >= 0.6 is 0 Å². The van der Waals surface area contributed by atoms with Gasteiger partial charge in [0.05, 0.1) is 11.3 Å². The Hall–Kier alpha value is -3.62. The molecule has 0 atom stereocenters. The van der Waals surface area contributed by atoms with Crippen molar-refractivity contribution in [3.05, 3.63) is 76.7 Å². The predicted molar refractivity (Wildman–Crippen MR) is 99.8 cm³/mol. The van der Waals surface area contributed by atoms with Crippen molar-refractivity contribution in [3.8, 4) is 0 Å². The summed E-state index contributed by atoms with van der Waals surface area (Å²) >= 11 is 0. The minimum absolute atomic E-state index is 0.00838. The summed E-state index contributed by atoms with van der Waals surface area (Å²) in [5.41, 5.74) is 0.861. The van der Waals surface area contributed by atoms with Gasteiger partial charge in [0.2, 0.25) is 5.76 Å². The number of carbonyl (C=O) groups excluding carboxylic acids is 2. The van der Waals surface area contributed by atoms with E-state index in [4.69, 9.17) is 4.52 Å². The molecule has 2 amide bonds. The van der Waals surface area contributed by atoms with Gasteiger partial charge in [-0.05, 0) is 55.8 Å². The van der Waals surface area contributed by atoms with Gasteiger partial charge in [-0.2, -0.15) is 13.2 Å². The van der Waals surface area contributed by atoms with Crippen molar-refractivity contribution in [2.24, 2.45) is 0 Å². The highest BCUT2D eigenvalue weighted by atomic mass is 19.4. The van der Waals surface area contributed by atoms with Gasteiger partial charge in [0, 0.05) is 23.0 Å². The van der Waals surface area contributed by atoms with Crippen molar-refractivity contribution in [1.29, 1.82) is 0 Å². The lowest BCUT2D eigenvalue weighted by molar-refractivity contribution is -0.137. The van der Waals surface area contributed by atoms with Gasteiger partial charge >= 0.3 is 6.18 Å². The van der Waals surface area contributed by atoms with E-state index >= 15 is 0 Å². The Morgan fingerprint density at radius 3 is 2.31 bits per heavy atom. The Labute approximate surface area is 163 Å². The summed E-state index contributed by atoms with van der Waals surface area (Å²) in [5, 5.41) is 8.67. The normalized spacial score (nSPS) is 11.2. The molecule has 0 saturated heterocycles. The minimum Gasteiger partial charge on any atom is -0.351 e. The van der Waals surface area contributed by atoms with E-state index in [-0.39, 0.29) is 17.0 Å². The molecule has 1 heterocycles. The van der Waals surface area contributed by atoms with E-state index in [1.807, 2.05) is 0 Å². The Morgan fingerprint density at radius 2 is 1.66 bits per heavy atom. The van der Waals surface area contributed by atoms with Crippen molar-refractivity contribution in [1.82, 2.24) is 5.16 Å². The molecule has 2 N–H and O–H groups in total. The number of anilines is 2. The molecule has 0 saturated carbocycles. The first kappa shape index (κ1) is 20.1. The number of benzene rings is 2. The summed E-state index contributed by atoms with van der Waals surface area (Å²) in [6.45, 7) is 3.39. The van der Waals surface area contributed by atoms with Gasteiger partial charge in [0.15, 0.2) is 0 Å². The van der Waals surface area contributed by atoms with Crippen molar-refractivity contribution in [3.63, 3.8) is 0 Å². The number of aromatic nitrogens is 1. The van der Waals surface area contributed by atoms with Crippen LogP contribution in [0.5, 0.6) is 0 Å². The van der Waals surface area contributed by atoms with Gasteiger partial charge < -0.3 is 15.2 Å². The van der Waals surface area contributed by atoms with Gasteiger partial charge in [0.1, 0.15) is 0 Å². The number of carbonyl (C=O) groups is 2. The molecule has 1 aromatic heterocycles. The highest BCUT2D eigenvalue weighted by Gasteiger charge is 2.30. The molecule has 0 bridgehead atoms. The lowest BCUT2D eigenvalue weighted by Gasteiger charge is -2.11. The number of hydrogen-bond donors (Lipinski definition) is 2. The van der Waals surface area contributed by atoms with Crippen LogP contribution in [0.2, 0.25) is 0 Å². The van der Waals surface area contributed by atoms with Crippen molar-refractivity contribution >= 4 is 23.2 Å². The highest BCUT2D eigenvalue weighted by Crippen LogP contribution is 2.30. The molecule has 0 radical (unpaired) electrons. The third-order valence-electron chi connectivity index (χ3n) is 3.90. The molecule has 2 aromatic carbocycles. The Morgan fingerprint density at radius 1 is 0.931 bits per heavy atom. The van der Waals surface area contributed by atoms with E-state index in [1.54, 1.807) is 26.0 Å². The molecule has 0 aliphatic heterocycles. The van der Waals surface area contributed by atoms with Crippen LogP contribution < -0.4 is 10.6 Å². The first-order valence-corrected chi connectivity index (χ1v) is 8.47. The predicted octanol–water partition coefficient (Wildman–Crippen LogP) is 4.81. The molecule has 0 spiro atoms. The molecule has 3 aromatic rings. The molecule has 6 nitrogen and oxygen atoms in total. The summed E-state index contributed by atoms with van der Waals surface area (Å²) in [6, 6.07) is 10.4. The topological polar surface area (TPSA) is 84.2 Å². The molecular formula is C20H16F3N3O3. The number of nitrogens with one attached hydrogen (secondary N) is 2. The molecule has 9 heteroatoms. The zero-order chi connectivity index (χ0) is 21.2. The van der Waals surface area contributed by atoms with E-state index in [0.29, 0.717) is 16.9 Å². The minimum atomic E-state index is -4.51. The van der Waals surface area contributed by atoms with Gasteiger partial charge in [-0.1, -0.05) is 11.2 Å². The molecule has 0 fully saturated rings. The van der Waals surface area contributed by atoms with Gasteiger partial charge in [0.25, 0.3) is 11.8 Å². The number of hydrogen-bond acceptors (Lipinski definition) is 4. The average molecular weight is 403 g/mol. The second kappa shape index (κ2) is 7.78. The van der Waals surface area contributed by atoms with Gasteiger partial charge in [-0.25, -0.2) is 0 Å². The first-order valence-electron chi connectivity index (χ1n) is 8.47. The lowest BCUT2D eigenvalue weighted by Crippen LogP contribution is -2.15. The summed E-state index contributed by atoms with van der Waals surface area (Å²) < 4.78 is 43.4. The monoisotopic (exact) mass is 403 g/mol. The van der Waals surface area contributed by atoms with Crippen LogP contribution in [0.25, 0.3) is 0 Å². The van der Waals surface area contributed by atoms with Crippen LogP contribution in [0.1, 0.15) is 37.7 Å². The fourth-order valence-corrected chi connectivity index (χ4v) is 2.63. The maximum atomic E-state index is 12.8. The van der Waals surface area contributed by atoms with Crippen LogP contribution in [-0.2, 0) is 6.18 Å².